The maximum atomic E-state index is 5.22. The van der Waals surface area contributed by atoms with Crippen LogP contribution in [0.15, 0.2) is 5.10 Å². The molecule has 0 aromatic heterocycles. The normalized spacial score (nSPS) is 17.6. The first-order valence-corrected chi connectivity index (χ1v) is 2.77. The third-order valence-electron chi connectivity index (χ3n) is 0.572. The van der Waals surface area contributed by atoms with E-state index < -0.39 is 0 Å². The van der Waals surface area contributed by atoms with E-state index in [1.54, 1.807) is 0 Å². The molecular formula is C2H7BrN4S. The average Bonchev–Trinajstić information content (AvgIpc) is 1.87. The molecule has 1 aliphatic rings. The van der Waals surface area contributed by atoms with Gasteiger partial charge in [0.25, 0.3) is 0 Å². The zero-order valence-electron chi connectivity index (χ0n) is 4.07. The zero-order chi connectivity index (χ0) is 5.28. The van der Waals surface area contributed by atoms with Crippen LogP contribution in [0.25, 0.3) is 0 Å². The Morgan fingerprint density at radius 2 is 2.38 bits per heavy atom. The molecule has 0 amide bonds. The largest absolute Gasteiger partial charge is 0.377 e. The van der Waals surface area contributed by atoms with Crippen molar-refractivity contribution in [1.29, 1.82) is 0 Å². The summed E-state index contributed by atoms with van der Waals surface area (Å²) in [4.78, 5) is 0. The Balaban J connectivity index is 0.000000490. The highest BCUT2D eigenvalue weighted by Gasteiger charge is 2.05. The zero-order valence-corrected chi connectivity index (χ0v) is 6.60. The van der Waals surface area contributed by atoms with Crippen molar-refractivity contribution >= 4 is 33.9 Å². The van der Waals surface area contributed by atoms with Crippen molar-refractivity contribution < 1.29 is 0 Å². The summed E-state index contributed by atoms with van der Waals surface area (Å²) in [5, 5.41) is 5.51. The minimum Gasteiger partial charge on any atom is -0.377 e. The molecule has 0 aromatic rings. The van der Waals surface area contributed by atoms with E-state index in [0.717, 1.165) is 0 Å². The van der Waals surface area contributed by atoms with Gasteiger partial charge >= 0.3 is 0 Å². The van der Waals surface area contributed by atoms with E-state index >= 15 is 0 Å². The van der Waals surface area contributed by atoms with Gasteiger partial charge in [-0.2, -0.15) is 0 Å². The van der Waals surface area contributed by atoms with Gasteiger partial charge in [0.05, 0.1) is 0 Å². The summed E-state index contributed by atoms with van der Waals surface area (Å²) in [6, 6.07) is 0. The van der Waals surface area contributed by atoms with Gasteiger partial charge in [-0.05, 0) is 0 Å². The molecule has 0 aromatic carbocycles. The van der Waals surface area contributed by atoms with E-state index in [0.29, 0.717) is 11.0 Å². The predicted octanol–water partition coefficient (Wildman–Crippen LogP) is -0.326. The summed E-state index contributed by atoms with van der Waals surface area (Å²) < 4.78 is 0. The van der Waals surface area contributed by atoms with Crippen LogP contribution in [-0.4, -0.2) is 16.2 Å². The molecule has 4 nitrogen and oxygen atoms in total. The summed E-state index contributed by atoms with van der Waals surface area (Å²) >= 11 is 1.43. The first-order chi connectivity index (χ1) is 3.29. The molecule has 1 aliphatic heterocycles. The highest BCUT2D eigenvalue weighted by Crippen LogP contribution is 2.07. The van der Waals surface area contributed by atoms with Crippen molar-refractivity contribution in [3.05, 3.63) is 0 Å². The molecule has 0 fully saturated rings. The third-order valence-corrected chi connectivity index (χ3v) is 1.34. The maximum Gasteiger partial charge on any atom is 0.181 e. The molecule has 8 heavy (non-hydrogen) atoms. The second kappa shape index (κ2) is 3.16. The first kappa shape index (κ1) is 8.06. The van der Waals surface area contributed by atoms with Gasteiger partial charge in [0.15, 0.2) is 5.17 Å². The van der Waals surface area contributed by atoms with Crippen molar-refractivity contribution in [3.63, 3.8) is 0 Å². The monoisotopic (exact) mass is 198 g/mol. The number of rotatable bonds is 0. The predicted molar refractivity (Wildman–Crippen MR) is 40.4 cm³/mol. The van der Waals surface area contributed by atoms with Crippen molar-refractivity contribution in [1.82, 2.24) is 5.12 Å². The van der Waals surface area contributed by atoms with Crippen LogP contribution in [-0.2, 0) is 0 Å². The fourth-order valence-corrected chi connectivity index (χ4v) is 0.801. The highest BCUT2D eigenvalue weighted by molar-refractivity contribution is 8.93. The molecule has 0 atom stereocenters. The molecule has 0 unspecified atom stereocenters. The number of nitrogens with two attached hydrogens (primary N) is 2. The average molecular weight is 199 g/mol. The molecule has 6 heteroatoms. The number of halogens is 1. The number of nitrogens with zero attached hydrogens (tertiary/aromatic N) is 2. The summed E-state index contributed by atoms with van der Waals surface area (Å²) in [6.07, 6.45) is 0. The number of amidine groups is 1. The Kier molecular flexibility index (Phi) is 3.18. The molecule has 0 bridgehead atoms. The van der Waals surface area contributed by atoms with Gasteiger partial charge in [-0.25, -0.2) is 11.0 Å². The van der Waals surface area contributed by atoms with Crippen molar-refractivity contribution in [3.8, 4) is 0 Å². The Hall–Kier alpha value is 0.0600. The highest BCUT2D eigenvalue weighted by atomic mass is 79.9. The summed E-state index contributed by atoms with van der Waals surface area (Å²) in [7, 11) is 0. The molecule has 0 spiro atoms. The molecule has 1 heterocycles. The topological polar surface area (TPSA) is 67.6 Å². The lowest BCUT2D eigenvalue weighted by Crippen LogP contribution is -2.20. The molecule has 0 radical (unpaired) electrons. The number of hydrazine groups is 1. The Morgan fingerprint density at radius 1 is 1.75 bits per heavy atom. The number of thioether (sulfide) groups is 1. The molecule has 1 rings (SSSR count). The number of hydrazone groups is 1. The standard InChI is InChI=1S/C2H6N4S.BrH/c3-2-5-6(4)1-7-2;/h1,4H2,(H2,3,5);1H. The Morgan fingerprint density at radius 3 is 2.50 bits per heavy atom. The van der Waals surface area contributed by atoms with Gasteiger partial charge in [-0.3, -0.25) is 0 Å². The lowest BCUT2D eigenvalue weighted by Gasteiger charge is -1.98. The lowest BCUT2D eigenvalue weighted by molar-refractivity contribution is 0.364. The van der Waals surface area contributed by atoms with Crippen LogP contribution < -0.4 is 11.6 Å². The van der Waals surface area contributed by atoms with Crippen LogP contribution in [0, 0.1) is 0 Å². The van der Waals surface area contributed by atoms with Gasteiger partial charge in [0.1, 0.15) is 5.88 Å². The second-order valence-electron chi connectivity index (χ2n) is 1.15. The van der Waals surface area contributed by atoms with Crippen LogP contribution >= 0.6 is 28.7 Å². The van der Waals surface area contributed by atoms with Crippen LogP contribution in [0.3, 0.4) is 0 Å². The fraction of sp³-hybridized carbons (Fsp3) is 0.500. The van der Waals surface area contributed by atoms with Crippen LogP contribution in [0.4, 0.5) is 0 Å². The summed E-state index contributed by atoms with van der Waals surface area (Å²) in [5.74, 6) is 5.84. The van der Waals surface area contributed by atoms with Gasteiger partial charge in [0.2, 0.25) is 0 Å². The minimum atomic E-state index is 0. The first-order valence-electron chi connectivity index (χ1n) is 1.78. The SMILES string of the molecule is Br.NC1=NN(N)CS1. The molecule has 0 saturated heterocycles. The molecule has 4 N–H and O–H groups in total. The maximum absolute atomic E-state index is 5.22. The quantitative estimate of drug-likeness (QED) is 0.524. The van der Waals surface area contributed by atoms with Crippen LogP contribution in [0.1, 0.15) is 0 Å². The van der Waals surface area contributed by atoms with Gasteiger partial charge in [-0.1, -0.05) is 11.8 Å². The second-order valence-corrected chi connectivity index (χ2v) is 2.12. The smallest absolute Gasteiger partial charge is 0.181 e. The Labute approximate surface area is 62.0 Å². The van der Waals surface area contributed by atoms with E-state index in [4.69, 9.17) is 11.6 Å². The van der Waals surface area contributed by atoms with E-state index in [1.807, 2.05) is 0 Å². The molecule has 48 valence electrons. The van der Waals surface area contributed by atoms with E-state index in [2.05, 4.69) is 5.10 Å². The van der Waals surface area contributed by atoms with Crippen molar-refractivity contribution in [2.45, 2.75) is 0 Å². The fourth-order valence-electron chi connectivity index (χ4n) is 0.317. The van der Waals surface area contributed by atoms with E-state index in [-0.39, 0.29) is 17.0 Å². The molecule has 0 aliphatic carbocycles. The van der Waals surface area contributed by atoms with Crippen molar-refractivity contribution in [2.24, 2.45) is 16.7 Å². The lowest BCUT2D eigenvalue weighted by atomic mass is 11.3. The van der Waals surface area contributed by atoms with Gasteiger partial charge in [0, 0.05) is 0 Å². The number of hydrogen-bond acceptors (Lipinski definition) is 5. The number of hydrogen-bond donors (Lipinski definition) is 2. The molecule has 0 saturated carbocycles. The van der Waals surface area contributed by atoms with Gasteiger partial charge < -0.3 is 5.73 Å². The molecular weight excluding hydrogens is 192 g/mol. The van der Waals surface area contributed by atoms with Crippen LogP contribution in [0.2, 0.25) is 0 Å². The Bertz CT molecular complexity index is 104. The summed E-state index contributed by atoms with van der Waals surface area (Å²) in [5.41, 5.74) is 5.22. The van der Waals surface area contributed by atoms with Gasteiger partial charge in [-0.15, -0.1) is 22.1 Å². The minimum absolute atomic E-state index is 0. The van der Waals surface area contributed by atoms with E-state index in [1.165, 1.54) is 16.9 Å². The van der Waals surface area contributed by atoms with Crippen molar-refractivity contribution in [2.75, 3.05) is 5.88 Å². The van der Waals surface area contributed by atoms with E-state index in [9.17, 15) is 0 Å². The summed E-state index contributed by atoms with van der Waals surface area (Å²) in [6.45, 7) is 0. The van der Waals surface area contributed by atoms with Crippen LogP contribution in [0.5, 0.6) is 0 Å². The third kappa shape index (κ3) is 1.89.